The molecule has 0 bridgehead atoms. The number of hydrogen-bond acceptors (Lipinski definition) is 2. The fourth-order valence-electron chi connectivity index (χ4n) is 3.53. The lowest BCUT2D eigenvalue weighted by atomic mass is 9.84. The Bertz CT molecular complexity index is 894. The van der Waals surface area contributed by atoms with E-state index in [1.54, 1.807) is 6.92 Å². The Balaban J connectivity index is 1.88. The van der Waals surface area contributed by atoms with E-state index in [1.165, 1.54) is 10.5 Å². The monoisotopic (exact) mass is 364 g/mol. The zero-order chi connectivity index (χ0) is 20.0. The molecule has 1 N–H and O–H groups in total. The van der Waals surface area contributed by atoms with Crippen molar-refractivity contribution in [3.63, 3.8) is 0 Å². The molecule has 0 saturated carbocycles. The Morgan fingerprint density at radius 1 is 1.00 bits per heavy atom. The second-order valence-electron chi connectivity index (χ2n) is 8.70. The fourth-order valence-corrected chi connectivity index (χ4v) is 3.53. The van der Waals surface area contributed by atoms with Gasteiger partial charge in [0.2, 0.25) is 0 Å². The summed E-state index contributed by atoms with van der Waals surface area (Å²) in [4.78, 5) is 27.0. The van der Waals surface area contributed by atoms with Crippen LogP contribution in [-0.2, 0) is 22.3 Å². The van der Waals surface area contributed by atoms with Gasteiger partial charge in [-0.25, -0.2) is 4.79 Å². The van der Waals surface area contributed by atoms with E-state index >= 15 is 0 Å². The van der Waals surface area contributed by atoms with Gasteiger partial charge in [0.1, 0.15) is 5.54 Å². The second-order valence-corrected chi connectivity index (χ2v) is 8.70. The van der Waals surface area contributed by atoms with Gasteiger partial charge in [0.05, 0.1) is 6.54 Å². The largest absolute Gasteiger partial charge is 0.325 e. The molecule has 1 heterocycles. The van der Waals surface area contributed by atoms with Gasteiger partial charge in [-0.3, -0.25) is 9.69 Å². The van der Waals surface area contributed by atoms with E-state index in [2.05, 4.69) is 32.2 Å². The van der Waals surface area contributed by atoms with Crippen molar-refractivity contribution in [3.8, 4) is 0 Å². The molecule has 0 spiro atoms. The van der Waals surface area contributed by atoms with Crippen LogP contribution in [0.15, 0.2) is 42.5 Å². The quantitative estimate of drug-likeness (QED) is 0.811. The van der Waals surface area contributed by atoms with Crippen LogP contribution in [0, 0.1) is 13.8 Å². The third kappa shape index (κ3) is 3.48. The summed E-state index contributed by atoms with van der Waals surface area (Å²) in [6, 6.07) is 13.7. The van der Waals surface area contributed by atoms with E-state index < -0.39 is 5.54 Å². The molecule has 1 fully saturated rings. The van der Waals surface area contributed by atoms with Gasteiger partial charge in [0, 0.05) is 0 Å². The maximum atomic E-state index is 13.1. The third-order valence-corrected chi connectivity index (χ3v) is 5.43. The smallest absolute Gasteiger partial charge is 0.319 e. The molecule has 1 atom stereocenters. The lowest BCUT2D eigenvalue weighted by molar-refractivity contribution is -0.131. The summed E-state index contributed by atoms with van der Waals surface area (Å²) in [6.45, 7) is 12.6. The Kier molecular flexibility index (Phi) is 4.62. The molecule has 1 saturated heterocycles. The molecule has 1 aliphatic rings. The fraction of sp³-hybridized carbons (Fsp3) is 0.391. The number of rotatable bonds is 3. The molecular weight excluding hydrogens is 336 g/mol. The number of imide groups is 1. The van der Waals surface area contributed by atoms with Crippen LogP contribution in [0.4, 0.5) is 4.79 Å². The molecule has 1 unspecified atom stereocenters. The summed E-state index contributed by atoms with van der Waals surface area (Å²) in [6.07, 6.45) is 0. The molecule has 0 radical (unpaired) electrons. The number of urea groups is 1. The van der Waals surface area contributed by atoms with Crippen molar-refractivity contribution in [1.82, 2.24) is 10.2 Å². The minimum absolute atomic E-state index is 0.0391. The van der Waals surface area contributed by atoms with E-state index in [0.717, 1.165) is 22.3 Å². The molecule has 0 aliphatic carbocycles. The van der Waals surface area contributed by atoms with Gasteiger partial charge in [-0.15, -0.1) is 0 Å². The SMILES string of the molecule is Cc1ccc(CN2C(=O)NC(C)(c3ccc(C(C)(C)C)cc3)C2=O)c(C)c1. The minimum Gasteiger partial charge on any atom is -0.319 e. The van der Waals surface area contributed by atoms with Crippen LogP contribution in [-0.4, -0.2) is 16.8 Å². The van der Waals surface area contributed by atoms with Gasteiger partial charge in [-0.05, 0) is 48.4 Å². The lowest BCUT2D eigenvalue weighted by Gasteiger charge is -2.25. The van der Waals surface area contributed by atoms with Gasteiger partial charge < -0.3 is 5.32 Å². The zero-order valence-corrected chi connectivity index (χ0v) is 17.0. The van der Waals surface area contributed by atoms with Gasteiger partial charge >= 0.3 is 6.03 Å². The number of carbonyl (C=O) groups excluding carboxylic acids is 2. The number of hydrogen-bond donors (Lipinski definition) is 1. The van der Waals surface area contributed by atoms with Gasteiger partial charge in [0.25, 0.3) is 5.91 Å². The van der Waals surface area contributed by atoms with Crippen molar-refractivity contribution in [2.75, 3.05) is 0 Å². The highest BCUT2D eigenvalue weighted by Crippen LogP contribution is 2.32. The van der Waals surface area contributed by atoms with Gasteiger partial charge in [0.15, 0.2) is 0 Å². The summed E-state index contributed by atoms with van der Waals surface area (Å²) in [7, 11) is 0. The van der Waals surface area contributed by atoms with Crippen LogP contribution >= 0.6 is 0 Å². The van der Waals surface area contributed by atoms with Crippen molar-refractivity contribution < 1.29 is 9.59 Å². The standard InChI is InChI=1S/C23H28N2O2/c1-15-7-8-17(16(2)13-15)14-25-20(26)23(6,24-21(25)27)19-11-9-18(10-12-19)22(3,4)5/h7-13H,14H2,1-6H3,(H,24,27). The van der Waals surface area contributed by atoms with E-state index in [9.17, 15) is 9.59 Å². The van der Waals surface area contributed by atoms with Crippen LogP contribution in [0.2, 0.25) is 0 Å². The topological polar surface area (TPSA) is 49.4 Å². The van der Waals surface area contributed by atoms with Gasteiger partial charge in [-0.1, -0.05) is 68.8 Å². The lowest BCUT2D eigenvalue weighted by Crippen LogP contribution is -2.40. The number of benzene rings is 2. The molecule has 3 amide bonds. The van der Waals surface area contributed by atoms with E-state index in [0.29, 0.717) is 0 Å². The Morgan fingerprint density at radius 3 is 2.19 bits per heavy atom. The molecule has 2 aromatic carbocycles. The predicted molar refractivity (Wildman–Crippen MR) is 107 cm³/mol. The Hall–Kier alpha value is -2.62. The van der Waals surface area contributed by atoms with Crippen LogP contribution in [0.3, 0.4) is 0 Å². The summed E-state index contributed by atoms with van der Waals surface area (Å²) >= 11 is 0. The molecule has 2 aromatic rings. The molecule has 142 valence electrons. The highest BCUT2D eigenvalue weighted by Gasteiger charge is 2.48. The van der Waals surface area contributed by atoms with Crippen LogP contribution in [0.25, 0.3) is 0 Å². The number of nitrogens with one attached hydrogen (secondary N) is 1. The normalized spacial score (nSPS) is 20.1. The van der Waals surface area contributed by atoms with Crippen molar-refractivity contribution in [2.24, 2.45) is 0 Å². The summed E-state index contributed by atoms with van der Waals surface area (Å²) in [5, 5.41) is 2.89. The summed E-state index contributed by atoms with van der Waals surface area (Å²) in [5.74, 6) is -0.212. The van der Waals surface area contributed by atoms with Crippen LogP contribution < -0.4 is 5.32 Å². The molecule has 4 heteroatoms. The van der Waals surface area contributed by atoms with Crippen LogP contribution in [0.1, 0.15) is 55.5 Å². The molecule has 3 rings (SSSR count). The highest BCUT2D eigenvalue weighted by atomic mass is 16.2. The maximum absolute atomic E-state index is 13.1. The molecule has 27 heavy (non-hydrogen) atoms. The first-order valence-electron chi connectivity index (χ1n) is 9.33. The van der Waals surface area contributed by atoms with Crippen molar-refractivity contribution >= 4 is 11.9 Å². The number of nitrogens with zero attached hydrogens (tertiary/aromatic N) is 1. The summed E-state index contributed by atoms with van der Waals surface area (Å²) < 4.78 is 0. The van der Waals surface area contributed by atoms with Gasteiger partial charge in [-0.2, -0.15) is 0 Å². The molecule has 1 aliphatic heterocycles. The maximum Gasteiger partial charge on any atom is 0.325 e. The average molecular weight is 364 g/mol. The van der Waals surface area contributed by atoms with Crippen molar-refractivity contribution in [3.05, 3.63) is 70.3 Å². The Morgan fingerprint density at radius 2 is 1.63 bits per heavy atom. The summed E-state index contributed by atoms with van der Waals surface area (Å²) in [5.41, 5.74) is 4.23. The first-order valence-corrected chi connectivity index (χ1v) is 9.33. The second kappa shape index (κ2) is 6.52. The van der Waals surface area contributed by atoms with E-state index in [4.69, 9.17) is 0 Å². The van der Waals surface area contributed by atoms with Crippen LogP contribution in [0.5, 0.6) is 0 Å². The first-order chi connectivity index (χ1) is 12.5. The predicted octanol–water partition coefficient (Wildman–Crippen LogP) is 4.57. The van der Waals surface area contributed by atoms with Crippen molar-refractivity contribution in [2.45, 2.75) is 59.0 Å². The Labute approximate surface area is 161 Å². The van der Waals surface area contributed by atoms with Crippen molar-refractivity contribution in [1.29, 1.82) is 0 Å². The zero-order valence-electron chi connectivity index (χ0n) is 17.0. The number of carbonyl (C=O) groups is 2. The number of aryl methyl sites for hydroxylation is 2. The molecule has 4 nitrogen and oxygen atoms in total. The first kappa shape index (κ1) is 19.2. The number of amides is 3. The average Bonchev–Trinajstić information content (AvgIpc) is 2.80. The highest BCUT2D eigenvalue weighted by molar-refractivity contribution is 6.07. The minimum atomic E-state index is -1.04. The van der Waals surface area contributed by atoms with E-state index in [-0.39, 0.29) is 23.9 Å². The molecule has 0 aromatic heterocycles. The van der Waals surface area contributed by atoms with E-state index in [1.807, 2.05) is 50.2 Å². The third-order valence-electron chi connectivity index (χ3n) is 5.43. The molecular formula is C23H28N2O2.